The Labute approximate surface area is 133 Å². The van der Waals surface area contributed by atoms with Crippen molar-refractivity contribution in [3.63, 3.8) is 0 Å². The van der Waals surface area contributed by atoms with E-state index in [4.69, 9.17) is 16.3 Å². The van der Waals surface area contributed by atoms with E-state index in [1.54, 1.807) is 13.2 Å². The minimum absolute atomic E-state index is 0.108. The lowest BCUT2D eigenvalue weighted by molar-refractivity contribution is -0.0471. The Bertz CT molecular complexity index is 427. The molecule has 0 aromatic heterocycles. The van der Waals surface area contributed by atoms with Gasteiger partial charge in [-0.15, -0.1) is 0 Å². The van der Waals surface area contributed by atoms with Gasteiger partial charge >= 0.3 is 0 Å². The molecule has 0 bridgehead atoms. The molecule has 120 valence electrons. The molecule has 0 heterocycles. The Morgan fingerprint density at radius 2 is 1.95 bits per heavy atom. The zero-order valence-corrected chi connectivity index (χ0v) is 14.3. The van der Waals surface area contributed by atoms with E-state index in [2.05, 4.69) is 26.1 Å². The third kappa shape index (κ3) is 4.67. The van der Waals surface area contributed by atoms with Gasteiger partial charge in [0.25, 0.3) is 0 Å². The monoisotopic (exact) mass is 315 g/mol. The number of hydrogen-bond donors (Lipinski definition) is 1. The van der Waals surface area contributed by atoms with E-state index in [0.717, 1.165) is 31.4 Å². The molecule has 0 aliphatic carbocycles. The maximum Gasteiger partial charge on any atom is 0.123 e. The molecule has 1 aromatic carbocycles. The fourth-order valence-electron chi connectivity index (χ4n) is 2.86. The second-order valence-electron chi connectivity index (χ2n) is 5.42. The third-order valence-electron chi connectivity index (χ3n) is 4.31. The minimum atomic E-state index is -0.259. The van der Waals surface area contributed by atoms with E-state index in [1.165, 1.54) is 12.1 Å². The first kappa shape index (κ1) is 18.4. The van der Waals surface area contributed by atoms with Gasteiger partial charge in [-0.3, -0.25) is 0 Å². The van der Waals surface area contributed by atoms with E-state index in [-0.39, 0.29) is 17.5 Å². The molecule has 1 N–H and O–H groups in total. The summed E-state index contributed by atoms with van der Waals surface area (Å²) in [6.45, 7) is 7.29. The lowest BCUT2D eigenvalue weighted by Gasteiger charge is -2.39. The molecule has 1 aromatic rings. The van der Waals surface area contributed by atoms with Crippen LogP contribution in [0.4, 0.5) is 4.39 Å². The average molecular weight is 316 g/mol. The van der Waals surface area contributed by atoms with E-state index in [1.807, 2.05) is 0 Å². The summed E-state index contributed by atoms with van der Waals surface area (Å²) in [4.78, 5) is 0. The number of ether oxygens (including phenoxy) is 1. The van der Waals surface area contributed by atoms with Crippen molar-refractivity contribution in [1.29, 1.82) is 0 Å². The van der Waals surface area contributed by atoms with Crippen molar-refractivity contribution in [1.82, 2.24) is 5.32 Å². The molecule has 0 saturated heterocycles. The second kappa shape index (κ2) is 8.72. The average Bonchev–Trinajstić information content (AvgIpc) is 2.50. The SMILES string of the molecule is CCCNC(Cc1cc(F)ccc1Cl)C(CC)(CC)OC. The largest absolute Gasteiger partial charge is 0.377 e. The van der Waals surface area contributed by atoms with Crippen LogP contribution in [0.1, 0.15) is 45.6 Å². The summed E-state index contributed by atoms with van der Waals surface area (Å²) in [6.07, 6.45) is 3.50. The van der Waals surface area contributed by atoms with Gasteiger partial charge in [0.1, 0.15) is 5.82 Å². The third-order valence-corrected chi connectivity index (χ3v) is 4.68. The topological polar surface area (TPSA) is 21.3 Å². The minimum Gasteiger partial charge on any atom is -0.377 e. The van der Waals surface area contributed by atoms with Crippen LogP contribution < -0.4 is 5.32 Å². The number of rotatable bonds is 9. The highest BCUT2D eigenvalue weighted by Crippen LogP contribution is 2.29. The highest BCUT2D eigenvalue weighted by molar-refractivity contribution is 6.31. The number of hydrogen-bond acceptors (Lipinski definition) is 2. The van der Waals surface area contributed by atoms with Crippen molar-refractivity contribution >= 4 is 11.6 Å². The standard InChI is InChI=1S/C17H27ClFNO/c1-5-10-20-16(17(6-2,7-3)21-4)12-13-11-14(19)8-9-15(13)18/h8-9,11,16,20H,5-7,10,12H2,1-4H3. The first-order valence-electron chi connectivity index (χ1n) is 7.75. The summed E-state index contributed by atoms with van der Waals surface area (Å²) in [5.74, 6) is -0.250. The van der Waals surface area contributed by atoms with Crippen molar-refractivity contribution in [2.75, 3.05) is 13.7 Å². The Hall–Kier alpha value is -0.640. The number of halogens is 2. The summed E-state index contributed by atoms with van der Waals surface area (Å²) in [7, 11) is 1.75. The van der Waals surface area contributed by atoms with Gasteiger partial charge in [0.05, 0.1) is 5.60 Å². The summed E-state index contributed by atoms with van der Waals surface area (Å²) < 4.78 is 19.3. The molecule has 0 spiro atoms. The van der Waals surface area contributed by atoms with Crippen molar-refractivity contribution in [3.05, 3.63) is 34.6 Å². The molecule has 0 amide bonds. The van der Waals surface area contributed by atoms with Crippen LogP contribution in [0.15, 0.2) is 18.2 Å². The predicted molar refractivity (Wildman–Crippen MR) is 87.5 cm³/mol. The fraction of sp³-hybridized carbons (Fsp3) is 0.647. The Kier molecular flexibility index (Phi) is 7.64. The molecule has 1 atom stereocenters. The summed E-state index contributed by atoms with van der Waals surface area (Å²) in [5, 5.41) is 4.16. The van der Waals surface area contributed by atoms with Crippen molar-refractivity contribution < 1.29 is 9.13 Å². The summed E-state index contributed by atoms with van der Waals surface area (Å²) in [5.41, 5.74) is 0.568. The van der Waals surface area contributed by atoms with Gasteiger partial charge in [0.2, 0.25) is 0 Å². The Balaban J connectivity index is 3.04. The van der Waals surface area contributed by atoms with Crippen LogP contribution >= 0.6 is 11.6 Å². The lowest BCUT2D eigenvalue weighted by atomic mass is 9.84. The Morgan fingerprint density at radius 3 is 2.48 bits per heavy atom. The smallest absolute Gasteiger partial charge is 0.123 e. The van der Waals surface area contributed by atoms with Crippen LogP contribution in [0.3, 0.4) is 0 Å². The normalized spacial score (nSPS) is 13.4. The number of methoxy groups -OCH3 is 1. The zero-order valence-electron chi connectivity index (χ0n) is 13.5. The Morgan fingerprint density at radius 1 is 1.29 bits per heavy atom. The second-order valence-corrected chi connectivity index (χ2v) is 5.83. The van der Waals surface area contributed by atoms with Crippen LogP contribution in [0.5, 0.6) is 0 Å². The van der Waals surface area contributed by atoms with Crippen molar-refractivity contribution in [3.8, 4) is 0 Å². The van der Waals surface area contributed by atoms with Gasteiger partial charge < -0.3 is 10.1 Å². The van der Waals surface area contributed by atoms with E-state index in [9.17, 15) is 4.39 Å². The van der Waals surface area contributed by atoms with E-state index < -0.39 is 0 Å². The molecule has 2 nitrogen and oxygen atoms in total. The first-order chi connectivity index (χ1) is 10.0. The zero-order chi connectivity index (χ0) is 15.9. The fourth-order valence-corrected chi connectivity index (χ4v) is 3.05. The summed E-state index contributed by atoms with van der Waals surface area (Å²) >= 11 is 6.22. The predicted octanol–water partition coefficient (Wildman–Crippen LogP) is 4.60. The van der Waals surface area contributed by atoms with Crippen LogP contribution in [-0.4, -0.2) is 25.3 Å². The van der Waals surface area contributed by atoms with Crippen LogP contribution in [-0.2, 0) is 11.2 Å². The van der Waals surface area contributed by atoms with Gasteiger partial charge in [0.15, 0.2) is 0 Å². The number of nitrogens with one attached hydrogen (secondary N) is 1. The molecule has 1 rings (SSSR count). The summed E-state index contributed by atoms with van der Waals surface area (Å²) in [6, 6.07) is 4.64. The quantitative estimate of drug-likeness (QED) is 0.719. The lowest BCUT2D eigenvalue weighted by Crippen LogP contribution is -2.53. The van der Waals surface area contributed by atoms with Crippen LogP contribution in [0.2, 0.25) is 5.02 Å². The highest BCUT2D eigenvalue weighted by atomic mass is 35.5. The molecule has 1 unspecified atom stereocenters. The number of benzene rings is 1. The molecule has 0 radical (unpaired) electrons. The molecule has 0 aliphatic rings. The first-order valence-corrected chi connectivity index (χ1v) is 8.13. The van der Waals surface area contributed by atoms with Crippen LogP contribution in [0, 0.1) is 5.82 Å². The molecule has 21 heavy (non-hydrogen) atoms. The molecule has 4 heteroatoms. The maximum absolute atomic E-state index is 13.5. The molecule has 0 fully saturated rings. The van der Waals surface area contributed by atoms with E-state index >= 15 is 0 Å². The van der Waals surface area contributed by atoms with E-state index in [0.29, 0.717) is 11.4 Å². The molecule has 0 aliphatic heterocycles. The van der Waals surface area contributed by atoms with Gasteiger partial charge in [-0.2, -0.15) is 0 Å². The highest BCUT2D eigenvalue weighted by Gasteiger charge is 2.35. The van der Waals surface area contributed by atoms with Gasteiger partial charge in [-0.1, -0.05) is 32.4 Å². The molecule has 0 saturated carbocycles. The van der Waals surface area contributed by atoms with Gasteiger partial charge in [0, 0.05) is 18.2 Å². The van der Waals surface area contributed by atoms with Crippen molar-refractivity contribution in [2.45, 2.75) is 58.1 Å². The molecular formula is C17H27ClFNO. The van der Waals surface area contributed by atoms with Gasteiger partial charge in [-0.25, -0.2) is 4.39 Å². The van der Waals surface area contributed by atoms with Gasteiger partial charge in [-0.05, 0) is 56.0 Å². The van der Waals surface area contributed by atoms with Crippen LogP contribution in [0.25, 0.3) is 0 Å². The van der Waals surface area contributed by atoms with Crippen molar-refractivity contribution in [2.24, 2.45) is 0 Å². The molecular weight excluding hydrogens is 289 g/mol. The maximum atomic E-state index is 13.5.